The fraction of sp³-hybridized carbons (Fsp3) is 0.667. The maximum absolute atomic E-state index is 12.5. The molecule has 1 amide bonds. The highest BCUT2D eigenvalue weighted by Gasteiger charge is 2.53. The Labute approximate surface area is 141 Å². The van der Waals surface area contributed by atoms with Crippen LogP contribution in [0.2, 0.25) is 0 Å². The zero-order valence-electron chi connectivity index (χ0n) is 13.8. The van der Waals surface area contributed by atoms with E-state index in [-0.39, 0.29) is 18.1 Å². The Bertz CT molecular complexity index is 736. The van der Waals surface area contributed by atoms with Gasteiger partial charge in [0.05, 0.1) is 29.8 Å². The summed E-state index contributed by atoms with van der Waals surface area (Å²) in [6, 6.07) is 0. The molecule has 0 radical (unpaired) electrons. The standard InChI is InChI=1S/C15H22N4O4S/c1-11-8-17-12(9-16-11)14(21)18-7-5-15(13(20)10-18)4-3-6-19(15)24(2,22)23/h8-9,13,20H,3-7,10H2,1-2H3/t13-,15-/m0/s1. The lowest BCUT2D eigenvalue weighted by molar-refractivity contribution is -0.0293. The van der Waals surface area contributed by atoms with Crippen LogP contribution in [0.3, 0.4) is 0 Å². The molecule has 0 bridgehead atoms. The van der Waals surface area contributed by atoms with Gasteiger partial charge in [0, 0.05) is 25.8 Å². The van der Waals surface area contributed by atoms with Gasteiger partial charge < -0.3 is 10.0 Å². The van der Waals surface area contributed by atoms with Gasteiger partial charge in [-0.2, -0.15) is 4.31 Å². The van der Waals surface area contributed by atoms with E-state index in [0.717, 1.165) is 12.1 Å². The maximum atomic E-state index is 12.5. The summed E-state index contributed by atoms with van der Waals surface area (Å²) in [6.07, 6.45) is 4.98. The molecule has 1 aromatic heterocycles. The molecule has 9 heteroatoms. The normalized spacial score (nSPS) is 28.5. The predicted octanol–water partition coefficient (Wildman–Crippen LogP) is -0.214. The van der Waals surface area contributed by atoms with Crippen LogP contribution in [0, 0.1) is 6.92 Å². The van der Waals surface area contributed by atoms with Gasteiger partial charge in [0.15, 0.2) is 0 Å². The number of rotatable bonds is 2. The van der Waals surface area contributed by atoms with Crippen molar-refractivity contribution in [2.45, 2.75) is 37.8 Å². The molecule has 1 spiro atoms. The highest BCUT2D eigenvalue weighted by molar-refractivity contribution is 7.88. The van der Waals surface area contributed by atoms with Crippen molar-refractivity contribution in [2.24, 2.45) is 0 Å². The number of β-amino-alcohol motifs (C(OH)–C–C–N with tert-alkyl or cyclic N) is 1. The monoisotopic (exact) mass is 354 g/mol. The van der Waals surface area contributed by atoms with Gasteiger partial charge in [0.1, 0.15) is 5.69 Å². The van der Waals surface area contributed by atoms with Crippen molar-refractivity contribution in [1.82, 2.24) is 19.2 Å². The predicted molar refractivity (Wildman–Crippen MR) is 86.8 cm³/mol. The number of aromatic nitrogens is 2. The molecule has 3 heterocycles. The van der Waals surface area contributed by atoms with Crippen LogP contribution >= 0.6 is 0 Å². The third-order valence-electron chi connectivity index (χ3n) is 4.98. The number of nitrogens with zero attached hydrogens (tertiary/aromatic N) is 4. The Morgan fingerprint density at radius 3 is 2.62 bits per heavy atom. The fourth-order valence-electron chi connectivity index (χ4n) is 3.77. The maximum Gasteiger partial charge on any atom is 0.274 e. The number of likely N-dealkylation sites (tertiary alicyclic amines) is 1. The van der Waals surface area contributed by atoms with Crippen LogP contribution in [-0.2, 0) is 10.0 Å². The van der Waals surface area contributed by atoms with Gasteiger partial charge in [-0.15, -0.1) is 0 Å². The molecule has 132 valence electrons. The summed E-state index contributed by atoms with van der Waals surface area (Å²) in [6.45, 7) is 2.70. The van der Waals surface area contributed by atoms with E-state index in [1.807, 2.05) is 0 Å². The van der Waals surface area contributed by atoms with Crippen LogP contribution in [0.4, 0.5) is 0 Å². The molecular formula is C15H22N4O4S. The summed E-state index contributed by atoms with van der Waals surface area (Å²) < 4.78 is 25.5. The first-order valence-corrected chi connectivity index (χ1v) is 9.83. The van der Waals surface area contributed by atoms with Crippen molar-refractivity contribution in [3.63, 3.8) is 0 Å². The van der Waals surface area contributed by atoms with Crippen LogP contribution in [-0.4, -0.2) is 76.1 Å². The molecule has 2 saturated heterocycles. The second-order valence-corrected chi connectivity index (χ2v) is 8.51. The smallest absolute Gasteiger partial charge is 0.274 e. The van der Waals surface area contributed by atoms with E-state index < -0.39 is 21.7 Å². The molecule has 1 aromatic rings. The molecule has 24 heavy (non-hydrogen) atoms. The van der Waals surface area contributed by atoms with E-state index in [0.29, 0.717) is 25.9 Å². The summed E-state index contributed by atoms with van der Waals surface area (Å²) in [5.41, 5.74) is 0.164. The van der Waals surface area contributed by atoms with Gasteiger partial charge in [-0.1, -0.05) is 0 Å². The second-order valence-electron chi connectivity index (χ2n) is 6.60. The van der Waals surface area contributed by atoms with Gasteiger partial charge in [0.2, 0.25) is 10.0 Å². The van der Waals surface area contributed by atoms with Crippen molar-refractivity contribution < 1.29 is 18.3 Å². The molecule has 3 rings (SSSR count). The lowest BCUT2D eigenvalue weighted by Crippen LogP contribution is -2.63. The number of aliphatic hydroxyl groups excluding tert-OH is 1. The average Bonchev–Trinajstić information content (AvgIpc) is 2.95. The molecular weight excluding hydrogens is 332 g/mol. The number of hydrogen-bond donors (Lipinski definition) is 1. The zero-order chi connectivity index (χ0) is 17.5. The van der Waals surface area contributed by atoms with Crippen molar-refractivity contribution in [3.05, 3.63) is 23.8 Å². The van der Waals surface area contributed by atoms with E-state index in [2.05, 4.69) is 9.97 Å². The first kappa shape index (κ1) is 17.2. The van der Waals surface area contributed by atoms with Crippen molar-refractivity contribution in [3.8, 4) is 0 Å². The number of piperidine rings is 1. The van der Waals surface area contributed by atoms with Crippen LogP contribution in [0.1, 0.15) is 35.4 Å². The lowest BCUT2D eigenvalue weighted by atomic mass is 9.83. The van der Waals surface area contributed by atoms with E-state index in [1.165, 1.54) is 27.9 Å². The number of sulfonamides is 1. The highest BCUT2D eigenvalue weighted by Crippen LogP contribution is 2.40. The van der Waals surface area contributed by atoms with Gasteiger partial charge in [-0.05, 0) is 26.2 Å². The molecule has 2 fully saturated rings. The van der Waals surface area contributed by atoms with Crippen molar-refractivity contribution in [1.29, 1.82) is 0 Å². The Kier molecular flexibility index (Phi) is 4.35. The SMILES string of the molecule is Cc1cnc(C(=O)N2CC[C@@]3(CCCN3S(C)(=O)=O)[C@@H](O)C2)cn1. The lowest BCUT2D eigenvalue weighted by Gasteiger charge is -2.47. The Morgan fingerprint density at radius 1 is 1.29 bits per heavy atom. The van der Waals surface area contributed by atoms with Crippen molar-refractivity contribution in [2.75, 3.05) is 25.9 Å². The van der Waals surface area contributed by atoms with Crippen LogP contribution in [0.25, 0.3) is 0 Å². The molecule has 2 aliphatic heterocycles. The molecule has 0 unspecified atom stereocenters. The second kappa shape index (κ2) is 6.05. The van der Waals surface area contributed by atoms with Gasteiger partial charge in [-0.25, -0.2) is 13.4 Å². The molecule has 1 N–H and O–H groups in total. The highest BCUT2D eigenvalue weighted by atomic mass is 32.2. The summed E-state index contributed by atoms with van der Waals surface area (Å²) in [5, 5.41) is 10.7. The minimum Gasteiger partial charge on any atom is -0.389 e. The summed E-state index contributed by atoms with van der Waals surface area (Å²) >= 11 is 0. The van der Waals surface area contributed by atoms with Gasteiger partial charge >= 0.3 is 0 Å². The molecule has 0 aromatic carbocycles. The van der Waals surface area contributed by atoms with E-state index >= 15 is 0 Å². The minimum absolute atomic E-state index is 0.0976. The zero-order valence-corrected chi connectivity index (χ0v) is 14.7. The van der Waals surface area contributed by atoms with E-state index in [4.69, 9.17) is 0 Å². The third-order valence-corrected chi connectivity index (χ3v) is 6.33. The van der Waals surface area contributed by atoms with Crippen LogP contribution in [0.5, 0.6) is 0 Å². The molecule has 8 nitrogen and oxygen atoms in total. The Morgan fingerprint density at radius 2 is 2.04 bits per heavy atom. The Hall–Kier alpha value is -1.58. The third kappa shape index (κ3) is 2.91. The number of hydrogen-bond acceptors (Lipinski definition) is 6. The molecule has 2 atom stereocenters. The summed E-state index contributed by atoms with van der Waals surface area (Å²) in [5.74, 6) is -0.291. The summed E-state index contributed by atoms with van der Waals surface area (Å²) in [7, 11) is -3.39. The minimum atomic E-state index is -3.39. The first-order valence-electron chi connectivity index (χ1n) is 7.98. The van der Waals surface area contributed by atoms with Gasteiger partial charge in [-0.3, -0.25) is 9.78 Å². The summed E-state index contributed by atoms with van der Waals surface area (Å²) in [4.78, 5) is 22.2. The van der Waals surface area contributed by atoms with E-state index in [1.54, 1.807) is 6.92 Å². The van der Waals surface area contributed by atoms with Crippen molar-refractivity contribution >= 4 is 15.9 Å². The first-order chi connectivity index (χ1) is 11.2. The molecule has 0 aliphatic carbocycles. The van der Waals surface area contributed by atoms with Crippen LogP contribution in [0.15, 0.2) is 12.4 Å². The number of aryl methyl sites for hydroxylation is 1. The van der Waals surface area contributed by atoms with Gasteiger partial charge in [0.25, 0.3) is 5.91 Å². The quantitative estimate of drug-likeness (QED) is 0.788. The number of amides is 1. The molecule has 2 aliphatic rings. The fourth-order valence-corrected chi connectivity index (χ4v) is 5.19. The molecule has 0 saturated carbocycles. The number of aliphatic hydroxyl groups is 1. The van der Waals surface area contributed by atoms with E-state index in [9.17, 15) is 18.3 Å². The van der Waals surface area contributed by atoms with Crippen LogP contribution < -0.4 is 0 Å². The average molecular weight is 354 g/mol. The number of carbonyl (C=O) groups is 1. The number of carbonyl (C=O) groups excluding carboxylic acids is 1. The largest absolute Gasteiger partial charge is 0.389 e. The topological polar surface area (TPSA) is 104 Å². The Balaban J connectivity index is 1.78.